The predicted molar refractivity (Wildman–Crippen MR) is 69.8 cm³/mol. The summed E-state index contributed by atoms with van der Waals surface area (Å²) in [6, 6.07) is 5.76. The van der Waals surface area contributed by atoms with Gasteiger partial charge in [-0.15, -0.1) is 0 Å². The molecule has 0 saturated heterocycles. The smallest absolute Gasteiger partial charge is 0.176 e. The number of Topliss-reactive ketones (excluding diaryl/α,β-unsaturated/α-hetero) is 1. The van der Waals surface area contributed by atoms with Gasteiger partial charge in [0.1, 0.15) is 0 Å². The molecule has 0 spiro atoms. The molecule has 1 rings (SSSR count). The van der Waals surface area contributed by atoms with E-state index in [0.717, 1.165) is 16.6 Å². The summed E-state index contributed by atoms with van der Waals surface area (Å²) in [5.41, 5.74) is 1.93. The number of rotatable bonds is 5. The first-order valence-electron chi connectivity index (χ1n) is 5.15. The first kappa shape index (κ1) is 13.4. The van der Waals surface area contributed by atoms with Gasteiger partial charge < -0.3 is 10.2 Å². The number of benzene rings is 1. The van der Waals surface area contributed by atoms with Crippen molar-refractivity contribution in [2.75, 3.05) is 27.7 Å². The number of hydrogen-bond donors (Lipinski definition) is 1. The maximum Gasteiger partial charge on any atom is 0.176 e. The van der Waals surface area contributed by atoms with Crippen LogP contribution in [0.3, 0.4) is 0 Å². The van der Waals surface area contributed by atoms with Crippen LogP contribution in [0.1, 0.15) is 15.9 Å². The summed E-state index contributed by atoms with van der Waals surface area (Å²) >= 11 is 3.50. The minimum absolute atomic E-state index is 0.111. The average Bonchev–Trinajstić information content (AvgIpc) is 2.20. The molecular weight excluding hydrogens is 268 g/mol. The van der Waals surface area contributed by atoms with E-state index in [1.54, 1.807) is 7.05 Å². The largest absolute Gasteiger partial charge is 0.313 e. The van der Waals surface area contributed by atoms with Crippen molar-refractivity contribution in [3.8, 4) is 0 Å². The molecule has 0 radical (unpaired) electrons. The zero-order valence-corrected chi connectivity index (χ0v) is 11.5. The quantitative estimate of drug-likeness (QED) is 0.839. The SMILES string of the molecule is CNCC(=O)c1ccc(CN(C)C)c(Br)c1. The van der Waals surface area contributed by atoms with E-state index in [-0.39, 0.29) is 5.78 Å². The van der Waals surface area contributed by atoms with Gasteiger partial charge in [0.05, 0.1) is 6.54 Å². The summed E-state index contributed by atoms with van der Waals surface area (Å²) in [6.07, 6.45) is 0. The molecule has 0 bridgehead atoms. The fraction of sp³-hybridized carbons (Fsp3) is 0.417. The van der Waals surface area contributed by atoms with Gasteiger partial charge in [0.25, 0.3) is 0 Å². The van der Waals surface area contributed by atoms with Gasteiger partial charge in [-0.05, 0) is 32.8 Å². The summed E-state index contributed by atoms with van der Waals surface area (Å²) in [5, 5.41) is 2.86. The lowest BCUT2D eigenvalue weighted by Crippen LogP contribution is -2.18. The molecule has 1 aromatic rings. The highest BCUT2D eigenvalue weighted by molar-refractivity contribution is 9.10. The number of halogens is 1. The zero-order chi connectivity index (χ0) is 12.1. The van der Waals surface area contributed by atoms with E-state index in [1.807, 2.05) is 32.3 Å². The number of carbonyl (C=O) groups excluding carboxylic acids is 1. The number of hydrogen-bond acceptors (Lipinski definition) is 3. The molecule has 16 heavy (non-hydrogen) atoms. The Hall–Kier alpha value is -0.710. The fourth-order valence-corrected chi connectivity index (χ4v) is 1.96. The van der Waals surface area contributed by atoms with Crippen LogP contribution in [0.15, 0.2) is 22.7 Å². The number of likely N-dealkylation sites (N-methyl/N-ethyl adjacent to an activating group) is 1. The highest BCUT2D eigenvalue weighted by Gasteiger charge is 2.08. The van der Waals surface area contributed by atoms with Crippen molar-refractivity contribution < 1.29 is 4.79 Å². The molecule has 3 nitrogen and oxygen atoms in total. The molecule has 0 aliphatic rings. The normalized spacial score (nSPS) is 10.8. The van der Waals surface area contributed by atoms with E-state index in [4.69, 9.17) is 0 Å². The Morgan fingerprint density at radius 1 is 1.44 bits per heavy atom. The van der Waals surface area contributed by atoms with Gasteiger partial charge in [0, 0.05) is 16.6 Å². The van der Waals surface area contributed by atoms with Gasteiger partial charge in [-0.1, -0.05) is 28.1 Å². The highest BCUT2D eigenvalue weighted by atomic mass is 79.9. The Kier molecular flexibility index (Phi) is 5.12. The highest BCUT2D eigenvalue weighted by Crippen LogP contribution is 2.20. The van der Waals surface area contributed by atoms with Gasteiger partial charge in [-0.25, -0.2) is 0 Å². The lowest BCUT2D eigenvalue weighted by molar-refractivity contribution is 0.0993. The van der Waals surface area contributed by atoms with E-state index in [0.29, 0.717) is 6.54 Å². The molecule has 0 fully saturated rings. The molecule has 4 heteroatoms. The monoisotopic (exact) mass is 284 g/mol. The van der Waals surface area contributed by atoms with Crippen LogP contribution in [-0.4, -0.2) is 38.4 Å². The van der Waals surface area contributed by atoms with Gasteiger partial charge in [-0.2, -0.15) is 0 Å². The lowest BCUT2D eigenvalue weighted by Gasteiger charge is -2.12. The van der Waals surface area contributed by atoms with Crippen LogP contribution >= 0.6 is 15.9 Å². The fourth-order valence-electron chi connectivity index (χ4n) is 1.45. The van der Waals surface area contributed by atoms with Crippen LogP contribution < -0.4 is 5.32 Å². The molecule has 0 atom stereocenters. The molecular formula is C12H17BrN2O. The Labute approximate surface area is 105 Å². The van der Waals surface area contributed by atoms with Crippen LogP contribution in [0.5, 0.6) is 0 Å². The van der Waals surface area contributed by atoms with Crippen molar-refractivity contribution in [2.24, 2.45) is 0 Å². The lowest BCUT2D eigenvalue weighted by atomic mass is 10.1. The molecule has 0 amide bonds. The van der Waals surface area contributed by atoms with Crippen LogP contribution in [0.2, 0.25) is 0 Å². The third kappa shape index (κ3) is 3.70. The van der Waals surface area contributed by atoms with Crippen molar-refractivity contribution in [3.63, 3.8) is 0 Å². The Bertz CT molecular complexity index is 377. The molecule has 0 aromatic heterocycles. The number of ketones is 1. The Morgan fingerprint density at radius 3 is 2.62 bits per heavy atom. The van der Waals surface area contributed by atoms with Gasteiger partial charge in [0.15, 0.2) is 5.78 Å². The summed E-state index contributed by atoms with van der Waals surface area (Å²) < 4.78 is 0.989. The number of nitrogens with zero attached hydrogens (tertiary/aromatic N) is 1. The third-order valence-corrected chi connectivity index (χ3v) is 2.94. The van der Waals surface area contributed by atoms with E-state index in [2.05, 4.69) is 26.1 Å². The third-order valence-electron chi connectivity index (χ3n) is 2.20. The molecule has 1 N–H and O–H groups in total. The second-order valence-corrected chi connectivity index (χ2v) is 4.85. The zero-order valence-electron chi connectivity index (χ0n) is 9.88. The maximum atomic E-state index is 11.6. The Balaban J connectivity index is 2.86. The molecule has 88 valence electrons. The maximum absolute atomic E-state index is 11.6. The summed E-state index contributed by atoms with van der Waals surface area (Å²) in [6.45, 7) is 1.24. The summed E-state index contributed by atoms with van der Waals surface area (Å²) in [7, 11) is 5.81. The molecule has 0 unspecified atom stereocenters. The van der Waals surface area contributed by atoms with Crippen LogP contribution in [0.25, 0.3) is 0 Å². The van der Waals surface area contributed by atoms with Crippen molar-refractivity contribution >= 4 is 21.7 Å². The minimum Gasteiger partial charge on any atom is -0.313 e. The van der Waals surface area contributed by atoms with Gasteiger partial charge in [-0.3, -0.25) is 4.79 Å². The van der Waals surface area contributed by atoms with Crippen LogP contribution in [0.4, 0.5) is 0 Å². The second-order valence-electron chi connectivity index (χ2n) is 4.00. The van der Waals surface area contributed by atoms with E-state index < -0.39 is 0 Å². The first-order chi connectivity index (χ1) is 7.54. The molecule has 0 aliphatic carbocycles. The van der Waals surface area contributed by atoms with Gasteiger partial charge in [0.2, 0.25) is 0 Å². The standard InChI is InChI=1S/C12H17BrN2O/c1-14-7-12(16)9-4-5-10(8-15(2)3)11(13)6-9/h4-6,14H,7-8H2,1-3H3. The summed E-state index contributed by atoms with van der Waals surface area (Å²) in [4.78, 5) is 13.7. The number of nitrogens with one attached hydrogen (secondary N) is 1. The minimum atomic E-state index is 0.111. The molecule has 0 saturated carbocycles. The molecule has 0 aliphatic heterocycles. The van der Waals surface area contributed by atoms with Gasteiger partial charge >= 0.3 is 0 Å². The summed E-state index contributed by atoms with van der Waals surface area (Å²) in [5.74, 6) is 0.111. The second kappa shape index (κ2) is 6.13. The van der Waals surface area contributed by atoms with Crippen LogP contribution in [0, 0.1) is 0 Å². The van der Waals surface area contributed by atoms with E-state index in [9.17, 15) is 4.79 Å². The van der Waals surface area contributed by atoms with Crippen molar-refractivity contribution in [1.29, 1.82) is 0 Å². The van der Waals surface area contributed by atoms with Crippen molar-refractivity contribution in [3.05, 3.63) is 33.8 Å². The van der Waals surface area contributed by atoms with Crippen molar-refractivity contribution in [2.45, 2.75) is 6.54 Å². The predicted octanol–water partition coefficient (Wildman–Crippen LogP) is 1.91. The van der Waals surface area contributed by atoms with Crippen LogP contribution in [-0.2, 0) is 6.54 Å². The van der Waals surface area contributed by atoms with E-state index in [1.165, 1.54) is 5.56 Å². The Morgan fingerprint density at radius 2 is 2.12 bits per heavy atom. The molecule has 0 heterocycles. The van der Waals surface area contributed by atoms with Crippen molar-refractivity contribution in [1.82, 2.24) is 10.2 Å². The topological polar surface area (TPSA) is 32.3 Å². The molecule has 1 aromatic carbocycles. The average molecular weight is 285 g/mol. The van der Waals surface area contributed by atoms with E-state index >= 15 is 0 Å². The first-order valence-corrected chi connectivity index (χ1v) is 5.95. The number of carbonyl (C=O) groups is 1.